The van der Waals surface area contributed by atoms with Gasteiger partial charge >= 0.3 is 5.69 Å². The fourth-order valence-electron chi connectivity index (χ4n) is 3.03. The molecule has 3 aromatic rings. The van der Waals surface area contributed by atoms with Gasteiger partial charge in [-0.05, 0) is 30.5 Å². The number of thiazole rings is 1. The predicted octanol–water partition coefficient (Wildman–Crippen LogP) is 6.64. The van der Waals surface area contributed by atoms with Gasteiger partial charge in [0.15, 0.2) is 9.78 Å². The van der Waals surface area contributed by atoms with Crippen LogP contribution in [0.1, 0.15) is 32.3 Å². The van der Waals surface area contributed by atoms with Crippen molar-refractivity contribution in [3.63, 3.8) is 0 Å². The number of ether oxygens (including phenoxy) is 1. The van der Waals surface area contributed by atoms with Crippen LogP contribution in [0.25, 0.3) is 15.2 Å². The molecule has 8 heteroatoms. The highest BCUT2D eigenvalue weighted by Crippen LogP contribution is 2.35. The highest BCUT2D eigenvalue weighted by atomic mass is 35.5. The van der Waals surface area contributed by atoms with Crippen molar-refractivity contribution < 1.29 is 4.74 Å². The first-order valence-corrected chi connectivity index (χ1v) is 10.6. The number of hydrogen-bond donors (Lipinski definition) is 0. The summed E-state index contributed by atoms with van der Waals surface area (Å²) in [6, 6.07) is 9.35. The molecule has 0 spiro atoms. The zero-order valence-corrected chi connectivity index (χ0v) is 18.3. The Bertz CT molecular complexity index is 1110. The molecule has 0 amide bonds. The summed E-state index contributed by atoms with van der Waals surface area (Å²) in [4.78, 5) is 8.68. The van der Waals surface area contributed by atoms with E-state index in [-0.39, 0.29) is 6.10 Å². The SMILES string of the molecule is CCC(CC)Oc1cc2c(cc1[N+]#N)sc(=NC)n2Cc1ccc(Cl)c(Cl)c1. The summed E-state index contributed by atoms with van der Waals surface area (Å²) >= 11 is 13.7. The van der Waals surface area contributed by atoms with Crippen LogP contribution in [0.2, 0.25) is 10.0 Å². The quantitative estimate of drug-likeness (QED) is 0.407. The predicted molar refractivity (Wildman–Crippen MR) is 117 cm³/mol. The normalized spacial score (nSPS) is 12.0. The number of diazo groups is 1. The molecule has 0 saturated heterocycles. The largest absolute Gasteiger partial charge is 0.483 e. The van der Waals surface area contributed by atoms with E-state index in [0.29, 0.717) is 28.0 Å². The first kappa shape index (κ1) is 20.7. The Morgan fingerprint density at radius 3 is 2.54 bits per heavy atom. The molecular formula is C20H21Cl2N4OS+. The summed E-state index contributed by atoms with van der Waals surface area (Å²) < 4.78 is 9.16. The summed E-state index contributed by atoms with van der Waals surface area (Å²) in [7, 11) is 1.76. The van der Waals surface area contributed by atoms with Crippen LogP contribution in [0.5, 0.6) is 5.75 Å². The standard InChI is InChI=1S/C20H21Cl2N4OS/c1-4-13(5-2)27-18-10-17-19(9-16(18)25-23)28-20(24-3)26(17)11-12-6-7-14(21)15(22)8-12/h6-10,13H,4-5,11H2,1-3H3/q+1. The molecule has 0 aliphatic heterocycles. The number of rotatable bonds is 6. The van der Waals surface area contributed by atoms with Gasteiger partial charge in [0.1, 0.15) is 0 Å². The first-order chi connectivity index (χ1) is 13.5. The van der Waals surface area contributed by atoms with Gasteiger partial charge in [0.25, 0.3) is 0 Å². The molecule has 2 aromatic carbocycles. The Labute approximate surface area is 177 Å². The van der Waals surface area contributed by atoms with E-state index in [1.807, 2.05) is 24.3 Å². The molecule has 0 atom stereocenters. The molecule has 28 heavy (non-hydrogen) atoms. The zero-order valence-electron chi connectivity index (χ0n) is 15.9. The van der Waals surface area contributed by atoms with Gasteiger partial charge < -0.3 is 9.30 Å². The highest BCUT2D eigenvalue weighted by molar-refractivity contribution is 7.16. The molecule has 5 nitrogen and oxygen atoms in total. The van der Waals surface area contributed by atoms with E-state index in [9.17, 15) is 5.39 Å². The molecule has 3 rings (SSSR count). The average molecular weight is 436 g/mol. The minimum Gasteiger partial charge on any atom is -0.483 e. The Morgan fingerprint density at radius 2 is 1.93 bits per heavy atom. The molecule has 0 saturated carbocycles. The van der Waals surface area contributed by atoms with Gasteiger partial charge in [-0.2, -0.15) is 0 Å². The lowest BCUT2D eigenvalue weighted by atomic mass is 10.2. The summed E-state index contributed by atoms with van der Waals surface area (Å²) in [5.41, 5.74) is 2.40. The van der Waals surface area contributed by atoms with Crippen molar-refractivity contribution in [1.82, 2.24) is 4.57 Å². The summed E-state index contributed by atoms with van der Waals surface area (Å²) in [6.07, 6.45) is 1.82. The van der Waals surface area contributed by atoms with Crippen molar-refractivity contribution in [3.05, 3.63) is 55.7 Å². The van der Waals surface area contributed by atoms with Crippen LogP contribution in [0.15, 0.2) is 35.3 Å². The lowest BCUT2D eigenvalue weighted by Gasteiger charge is -2.14. The van der Waals surface area contributed by atoms with E-state index in [0.717, 1.165) is 33.4 Å². The molecule has 0 fully saturated rings. The fraction of sp³-hybridized carbons (Fsp3) is 0.350. The maximum atomic E-state index is 9.45. The van der Waals surface area contributed by atoms with Gasteiger partial charge in [0.2, 0.25) is 11.1 Å². The van der Waals surface area contributed by atoms with E-state index >= 15 is 0 Å². The van der Waals surface area contributed by atoms with Gasteiger partial charge in [-0.25, -0.2) is 0 Å². The second-order valence-corrected chi connectivity index (χ2v) is 8.21. The van der Waals surface area contributed by atoms with Crippen LogP contribution in [-0.2, 0) is 6.54 Å². The molecule has 1 aromatic heterocycles. The van der Waals surface area contributed by atoms with Crippen molar-refractivity contribution in [2.75, 3.05) is 7.05 Å². The molecule has 0 bridgehead atoms. The van der Waals surface area contributed by atoms with Crippen molar-refractivity contribution in [2.24, 2.45) is 4.99 Å². The van der Waals surface area contributed by atoms with Crippen LogP contribution >= 0.6 is 34.5 Å². The number of fused-ring (bicyclic) bond motifs is 1. The molecule has 0 N–H and O–H groups in total. The Hall–Kier alpha value is -2.07. The monoisotopic (exact) mass is 435 g/mol. The van der Waals surface area contributed by atoms with E-state index in [2.05, 4.69) is 28.4 Å². The number of nitrogens with zero attached hydrogens (tertiary/aromatic N) is 4. The van der Waals surface area contributed by atoms with Crippen molar-refractivity contribution >= 4 is 50.4 Å². The molecule has 146 valence electrons. The van der Waals surface area contributed by atoms with Crippen LogP contribution in [0.3, 0.4) is 0 Å². The molecule has 0 radical (unpaired) electrons. The van der Waals surface area contributed by atoms with Gasteiger partial charge in [-0.1, -0.05) is 54.5 Å². The van der Waals surface area contributed by atoms with Gasteiger partial charge in [-0.15, -0.1) is 0 Å². The maximum Gasteiger partial charge on any atom is 0.427 e. The number of benzene rings is 2. The van der Waals surface area contributed by atoms with E-state index in [4.69, 9.17) is 27.9 Å². The number of hydrogen-bond acceptors (Lipinski definition) is 4. The van der Waals surface area contributed by atoms with Crippen LogP contribution in [0, 0.1) is 5.39 Å². The second kappa shape index (κ2) is 8.95. The molecule has 0 unspecified atom stereocenters. The third kappa shape index (κ3) is 4.17. The fourth-order valence-corrected chi connectivity index (χ4v) is 4.36. The van der Waals surface area contributed by atoms with E-state index < -0.39 is 0 Å². The van der Waals surface area contributed by atoms with E-state index in [1.54, 1.807) is 13.1 Å². The lowest BCUT2D eigenvalue weighted by molar-refractivity contribution is 0.194. The van der Waals surface area contributed by atoms with Gasteiger partial charge in [0, 0.05) is 13.1 Å². The van der Waals surface area contributed by atoms with Gasteiger partial charge in [-0.3, -0.25) is 4.99 Å². The summed E-state index contributed by atoms with van der Waals surface area (Å²) in [5.74, 6) is 0.562. The molecule has 1 heterocycles. The van der Waals surface area contributed by atoms with E-state index in [1.165, 1.54) is 11.3 Å². The minimum absolute atomic E-state index is 0.0652. The summed E-state index contributed by atoms with van der Waals surface area (Å²) in [5, 5.41) is 10.5. The Morgan fingerprint density at radius 1 is 1.18 bits per heavy atom. The highest BCUT2D eigenvalue weighted by Gasteiger charge is 2.22. The third-order valence-electron chi connectivity index (χ3n) is 4.59. The Kier molecular flexibility index (Phi) is 6.61. The van der Waals surface area contributed by atoms with Crippen molar-refractivity contribution in [3.8, 4) is 5.75 Å². The molecule has 0 aliphatic rings. The number of aromatic nitrogens is 1. The third-order valence-corrected chi connectivity index (χ3v) is 6.46. The topological polar surface area (TPSA) is 54.7 Å². The zero-order chi connectivity index (χ0) is 20.3. The van der Waals surface area contributed by atoms with Crippen molar-refractivity contribution in [1.29, 1.82) is 5.39 Å². The van der Waals surface area contributed by atoms with Gasteiger partial charge in [0.05, 0.1) is 39.0 Å². The minimum atomic E-state index is 0.0652. The maximum absolute atomic E-state index is 9.45. The molecule has 0 aliphatic carbocycles. The summed E-state index contributed by atoms with van der Waals surface area (Å²) in [6.45, 7) is 4.74. The van der Waals surface area contributed by atoms with Crippen LogP contribution in [0.4, 0.5) is 5.69 Å². The number of halogens is 2. The second-order valence-electron chi connectivity index (χ2n) is 6.39. The Balaban J connectivity index is 2.13. The lowest BCUT2D eigenvalue weighted by Crippen LogP contribution is -2.16. The first-order valence-electron chi connectivity index (χ1n) is 9.06. The molecular weight excluding hydrogens is 415 g/mol. The van der Waals surface area contributed by atoms with Crippen LogP contribution in [-0.4, -0.2) is 17.7 Å². The average Bonchev–Trinajstić information content (AvgIpc) is 3.04. The van der Waals surface area contributed by atoms with Crippen molar-refractivity contribution in [2.45, 2.75) is 39.3 Å². The smallest absolute Gasteiger partial charge is 0.427 e. The van der Waals surface area contributed by atoms with Crippen LogP contribution < -0.4 is 9.54 Å².